The van der Waals surface area contributed by atoms with Gasteiger partial charge in [0.1, 0.15) is 11.6 Å². The lowest BCUT2D eigenvalue weighted by Crippen LogP contribution is -2.64. The summed E-state index contributed by atoms with van der Waals surface area (Å²) in [4.78, 5) is 28.4. The Morgan fingerprint density at radius 1 is 1.03 bits per heavy atom. The van der Waals surface area contributed by atoms with E-state index in [1.165, 1.54) is 0 Å². The Balaban J connectivity index is 1.57. The minimum atomic E-state index is -0.664. The van der Waals surface area contributed by atoms with Gasteiger partial charge in [-0.1, -0.05) is 48.5 Å². The molecule has 2 aromatic carbocycles. The van der Waals surface area contributed by atoms with Gasteiger partial charge in [0.15, 0.2) is 0 Å². The van der Waals surface area contributed by atoms with E-state index in [4.69, 9.17) is 9.47 Å². The second-order valence-electron chi connectivity index (χ2n) is 9.12. The number of morpholine rings is 1. The standard InChI is InChI=1S/C25H30N2O4/c1-24(2)16-27(17-25(31-24)13-14-30-18-25)23(29)21(15-19-9-5-3-6-10-19)26-22(28)20-11-7-4-8-12-20/h3-12,21H,13-18H2,1-2H3,(H,26,28)/t21-,25-/m0/s1. The first-order chi connectivity index (χ1) is 14.9. The molecule has 2 fully saturated rings. The number of rotatable bonds is 5. The van der Waals surface area contributed by atoms with Gasteiger partial charge in [-0.15, -0.1) is 0 Å². The van der Waals surface area contributed by atoms with Gasteiger partial charge in [0, 0.05) is 31.6 Å². The molecule has 2 heterocycles. The van der Waals surface area contributed by atoms with E-state index in [2.05, 4.69) is 5.32 Å². The van der Waals surface area contributed by atoms with Crippen LogP contribution in [0.1, 0.15) is 36.2 Å². The Bertz CT molecular complexity index is 908. The van der Waals surface area contributed by atoms with Crippen LogP contribution in [0.4, 0.5) is 0 Å². The van der Waals surface area contributed by atoms with Crippen LogP contribution < -0.4 is 5.32 Å². The molecule has 1 spiro atoms. The van der Waals surface area contributed by atoms with Crippen molar-refractivity contribution in [2.24, 2.45) is 0 Å². The largest absolute Gasteiger partial charge is 0.378 e. The average molecular weight is 423 g/mol. The molecule has 6 nitrogen and oxygen atoms in total. The number of carbonyl (C=O) groups is 2. The van der Waals surface area contributed by atoms with Gasteiger partial charge in [-0.3, -0.25) is 9.59 Å². The molecule has 2 aliphatic heterocycles. The predicted octanol–water partition coefficient (Wildman–Crippen LogP) is 2.82. The molecular weight excluding hydrogens is 392 g/mol. The molecule has 0 aliphatic carbocycles. The SMILES string of the molecule is CC1(C)CN(C(=O)[C@H](Cc2ccccc2)NC(=O)c2ccccc2)C[C@]2(CCOC2)O1. The summed E-state index contributed by atoms with van der Waals surface area (Å²) >= 11 is 0. The third-order valence-electron chi connectivity index (χ3n) is 5.84. The Hall–Kier alpha value is -2.70. The Morgan fingerprint density at radius 2 is 1.71 bits per heavy atom. The van der Waals surface area contributed by atoms with Gasteiger partial charge in [0.2, 0.25) is 5.91 Å². The van der Waals surface area contributed by atoms with Crippen LogP contribution in [0.2, 0.25) is 0 Å². The van der Waals surface area contributed by atoms with E-state index in [1.54, 1.807) is 12.1 Å². The summed E-state index contributed by atoms with van der Waals surface area (Å²) in [6, 6.07) is 18.1. The summed E-state index contributed by atoms with van der Waals surface area (Å²) in [5, 5.41) is 2.98. The fourth-order valence-corrected chi connectivity index (χ4v) is 4.56. The summed E-state index contributed by atoms with van der Waals surface area (Å²) in [5.41, 5.74) is 0.581. The summed E-state index contributed by atoms with van der Waals surface area (Å²) in [7, 11) is 0. The third-order valence-corrected chi connectivity index (χ3v) is 5.84. The molecule has 1 N–H and O–H groups in total. The van der Waals surface area contributed by atoms with Crippen molar-refractivity contribution < 1.29 is 19.1 Å². The molecule has 0 unspecified atom stereocenters. The van der Waals surface area contributed by atoms with Crippen molar-refractivity contribution in [3.63, 3.8) is 0 Å². The van der Waals surface area contributed by atoms with Crippen LogP contribution >= 0.6 is 0 Å². The van der Waals surface area contributed by atoms with Crippen molar-refractivity contribution in [1.29, 1.82) is 0 Å². The van der Waals surface area contributed by atoms with Gasteiger partial charge in [0.05, 0.1) is 18.8 Å². The number of hydrogen-bond donors (Lipinski definition) is 1. The summed E-state index contributed by atoms with van der Waals surface area (Å²) in [6.07, 6.45) is 1.19. The molecule has 6 heteroatoms. The zero-order valence-corrected chi connectivity index (χ0v) is 18.2. The van der Waals surface area contributed by atoms with Crippen LogP contribution in [0.5, 0.6) is 0 Å². The van der Waals surface area contributed by atoms with Crippen LogP contribution in [0.3, 0.4) is 0 Å². The molecule has 2 amide bonds. The molecule has 31 heavy (non-hydrogen) atoms. The Morgan fingerprint density at radius 3 is 2.35 bits per heavy atom. The summed E-state index contributed by atoms with van der Waals surface area (Å²) < 4.78 is 11.9. The van der Waals surface area contributed by atoms with E-state index in [0.717, 1.165) is 12.0 Å². The molecule has 0 radical (unpaired) electrons. The van der Waals surface area contributed by atoms with E-state index in [9.17, 15) is 9.59 Å². The molecular formula is C25H30N2O4. The fraction of sp³-hybridized carbons (Fsp3) is 0.440. The molecule has 2 aromatic rings. The predicted molar refractivity (Wildman–Crippen MR) is 118 cm³/mol. The normalized spacial score (nSPS) is 23.5. The molecule has 0 aromatic heterocycles. The maximum atomic E-state index is 13.7. The van der Waals surface area contributed by atoms with Gasteiger partial charge in [-0.05, 0) is 31.5 Å². The number of nitrogens with zero attached hydrogens (tertiary/aromatic N) is 1. The quantitative estimate of drug-likeness (QED) is 0.805. The first kappa shape index (κ1) is 21.5. The topological polar surface area (TPSA) is 67.9 Å². The minimum absolute atomic E-state index is 0.0872. The van der Waals surface area contributed by atoms with Crippen molar-refractivity contribution >= 4 is 11.8 Å². The number of ether oxygens (including phenoxy) is 2. The second kappa shape index (κ2) is 8.81. The van der Waals surface area contributed by atoms with E-state index in [-0.39, 0.29) is 11.8 Å². The first-order valence-corrected chi connectivity index (χ1v) is 10.8. The molecule has 2 aliphatic rings. The zero-order valence-electron chi connectivity index (χ0n) is 18.2. The van der Waals surface area contributed by atoms with E-state index in [0.29, 0.717) is 38.3 Å². The number of benzene rings is 2. The van der Waals surface area contributed by atoms with Gasteiger partial charge < -0.3 is 19.7 Å². The van der Waals surface area contributed by atoms with E-state index >= 15 is 0 Å². The van der Waals surface area contributed by atoms with Crippen LogP contribution in [0.25, 0.3) is 0 Å². The van der Waals surface area contributed by atoms with E-state index < -0.39 is 17.2 Å². The highest BCUT2D eigenvalue weighted by atomic mass is 16.6. The number of carbonyl (C=O) groups excluding carboxylic acids is 2. The molecule has 4 rings (SSSR count). The fourth-order valence-electron chi connectivity index (χ4n) is 4.56. The van der Waals surface area contributed by atoms with Gasteiger partial charge in [0.25, 0.3) is 5.91 Å². The molecule has 2 saturated heterocycles. The van der Waals surface area contributed by atoms with Gasteiger partial charge >= 0.3 is 0 Å². The van der Waals surface area contributed by atoms with Crippen molar-refractivity contribution in [2.75, 3.05) is 26.3 Å². The van der Waals surface area contributed by atoms with Crippen LogP contribution in [0.15, 0.2) is 60.7 Å². The monoisotopic (exact) mass is 422 g/mol. The zero-order chi connectivity index (χ0) is 21.9. The van der Waals surface area contributed by atoms with Crippen molar-refractivity contribution in [2.45, 2.75) is 43.9 Å². The maximum Gasteiger partial charge on any atom is 0.251 e. The number of hydrogen-bond acceptors (Lipinski definition) is 4. The number of amides is 2. The Labute approximate surface area is 183 Å². The molecule has 0 bridgehead atoms. The molecule has 0 saturated carbocycles. The average Bonchev–Trinajstić information content (AvgIpc) is 3.19. The number of nitrogens with one attached hydrogen (secondary N) is 1. The maximum absolute atomic E-state index is 13.7. The highest BCUT2D eigenvalue weighted by Crippen LogP contribution is 2.35. The van der Waals surface area contributed by atoms with Crippen LogP contribution in [0, 0.1) is 0 Å². The summed E-state index contributed by atoms with van der Waals surface area (Å²) in [5.74, 6) is -0.336. The smallest absolute Gasteiger partial charge is 0.251 e. The van der Waals surface area contributed by atoms with Crippen molar-refractivity contribution in [1.82, 2.24) is 10.2 Å². The van der Waals surface area contributed by atoms with Crippen molar-refractivity contribution in [3.8, 4) is 0 Å². The molecule has 164 valence electrons. The lowest BCUT2D eigenvalue weighted by atomic mass is 9.93. The summed E-state index contributed by atoms with van der Waals surface area (Å²) in [6.45, 7) is 6.07. The minimum Gasteiger partial charge on any atom is -0.378 e. The third kappa shape index (κ3) is 5.14. The highest BCUT2D eigenvalue weighted by Gasteiger charge is 2.48. The van der Waals surface area contributed by atoms with Crippen LogP contribution in [-0.2, 0) is 20.7 Å². The highest BCUT2D eigenvalue weighted by molar-refractivity contribution is 5.97. The lowest BCUT2D eigenvalue weighted by Gasteiger charge is -2.48. The van der Waals surface area contributed by atoms with Gasteiger partial charge in [-0.25, -0.2) is 0 Å². The molecule has 2 atom stereocenters. The van der Waals surface area contributed by atoms with Crippen molar-refractivity contribution in [3.05, 3.63) is 71.8 Å². The first-order valence-electron chi connectivity index (χ1n) is 10.8. The Kier molecular flexibility index (Phi) is 6.12. The van der Waals surface area contributed by atoms with Crippen LogP contribution in [-0.4, -0.2) is 60.3 Å². The lowest BCUT2D eigenvalue weighted by molar-refractivity contribution is -0.200. The van der Waals surface area contributed by atoms with Gasteiger partial charge in [-0.2, -0.15) is 0 Å². The second-order valence-corrected chi connectivity index (χ2v) is 9.12. The van der Waals surface area contributed by atoms with E-state index in [1.807, 2.05) is 67.3 Å².